The number of aryl methyl sites for hydroxylation is 2. The molecule has 142 valence electrons. The van der Waals surface area contributed by atoms with Crippen molar-refractivity contribution in [1.29, 1.82) is 0 Å². The van der Waals surface area contributed by atoms with Crippen LogP contribution in [0.5, 0.6) is 0 Å². The number of thiophene rings is 1. The number of methoxy groups -OCH3 is 1. The van der Waals surface area contributed by atoms with E-state index in [0.29, 0.717) is 35.1 Å². The number of carbonyl (C=O) groups is 2. The molecule has 0 saturated carbocycles. The van der Waals surface area contributed by atoms with E-state index < -0.39 is 5.97 Å². The second kappa shape index (κ2) is 8.73. The van der Waals surface area contributed by atoms with E-state index in [1.807, 2.05) is 38.0 Å². The minimum atomic E-state index is -0.412. The van der Waals surface area contributed by atoms with E-state index in [0.717, 1.165) is 28.8 Å². The van der Waals surface area contributed by atoms with Gasteiger partial charge in [-0.2, -0.15) is 0 Å². The molecule has 0 aromatic carbocycles. The number of hydrogen-bond donors (Lipinski definition) is 1. The van der Waals surface area contributed by atoms with E-state index in [2.05, 4.69) is 4.98 Å². The van der Waals surface area contributed by atoms with Crippen molar-refractivity contribution in [2.24, 2.45) is 0 Å². The fourth-order valence-electron chi connectivity index (χ4n) is 2.86. The van der Waals surface area contributed by atoms with E-state index in [9.17, 15) is 9.59 Å². The van der Waals surface area contributed by atoms with Crippen molar-refractivity contribution in [2.45, 2.75) is 40.5 Å². The van der Waals surface area contributed by atoms with Gasteiger partial charge >= 0.3 is 5.97 Å². The molecule has 2 aromatic rings. The third-order valence-corrected chi connectivity index (χ3v) is 6.29. The molecular formula is C19H25ClN2O3S. The maximum Gasteiger partial charge on any atom is 0.349 e. The highest BCUT2D eigenvalue weighted by atomic mass is 35.5. The van der Waals surface area contributed by atoms with E-state index >= 15 is 0 Å². The van der Waals surface area contributed by atoms with Crippen LogP contribution in [-0.4, -0.2) is 42.0 Å². The zero-order chi connectivity index (χ0) is 19.4. The Morgan fingerprint density at radius 2 is 1.96 bits per heavy atom. The first-order valence-corrected chi connectivity index (χ1v) is 9.86. The monoisotopic (exact) mass is 396 g/mol. The van der Waals surface area contributed by atoms with Gasteiger partial charge in [0.05, 0.1) is 12.1 Å². The Morgan fingerprint density at radius 1 is 1.27 bits per heavy atom. The predicted molar refractivity (Wildman–Crippen MR) is 106 cm³/mol. The second-order valence-corrected chi connectivity index (χ2v) is 7.52. The maximum atomic E-state index is 12.8. The highest BCUT2D eigenvalue weighted by Crippen LogP contribution is 2.29. The Labute approximate surface area is 163 Å². The van der Waals surface area contributed by atoms with Crippen molar-refractivity contribution >= 4 is 34.8 Å². The molecule has 2 aromatic heterocycles. The van der Waals surface area contributed by atoms with Crippen LogP contribution in [0.25, 0.3) is 0 Å². The fourth-order valence-corrected chi connectivity index (χ4v) is 4.19. The van der Waals surface area contributed by atoms with Crippen molar-refractivity contribution in [3.05, 3.63) is 43.4 Å². The van der Waals surface area contributed by atoms with E-state index in [1.165, 1.54) is 18.4 Å². The van der Waals surface area contributed by atoms with Crippen molar-refractivity contribution in [3.8, 4) is 0 Å². The number of rotatable bonds is 7. The minimum absolute atomic E-state index is 0.0212. The first-order valence-electron chi connectivity index (χ1n) is 8.60. The van der Waals surface area contributed by atoms with Crippen LogP contribution in [-0.2, 0) is 11.2 Å². The quantitative estimate of drug-likeness (QED) is 0.699. The molecule has 5 nitrogen and oxygen atoms in total. The van der Waals surface area contributed by atoms with E-state index in [1.54, 1.807) is 0 Å². The average molecular weight is 397 g/mol. The first-order chi connectivity index (χ1) is 12.3. The summed E-state index contributed by atoms with van der Waals surface area (Å²) >= 11 is 7.56. The largest absolute Gasteiger partial charge is 0.465 e. The number of hydrogen-bond acceptors (Lipinski definition) is 4. The molecule has 1 amide bonds. The summed E-state index contributed by atoms with van der Waals surface area (Å²) in [6.07, 6.45) is 1.48. The van der Waals surface area contributed by atoms with Crippen LogP contribution in [0.15, 0.2) is 5.38 Å². The topological polar surface area (TPSA) is 62.4 Å². The highest BCUT2D eigenvalue weighted by molar-refractivity contribution is 7.12. The minimum Gasteiger partial charge on any atom is -0.465 e. The van der Waals surface area contributed by atoms with Crippen LogP contribution >= 0.6 is 22.9 Å². The lowest BCUT2D eigenvalue weighted by Crippen LogP contribution is -2.32. The van der Waals surface area contributed by atoms with Crippen molar-refractivity contribution in [2.75, 3.05) is 20.2 Å². The standard InChI is InChI=1S/C19H25ClN2O3S/c1-6-22(18(23)16-12(3)11(2)13(4)21-16)9-7-8-14-10-26-17(15(14)20)19(24)25-5/h10,21H,6-9H2,1-5H3. The number of carbonyl (C=O) groups excluding carboxylic acids is 2. The molecule has 0 unspecified atom stereocenters. The number of ether oxygens (including phenoxy) is 1. The molecule has 0 atom stereocenters. The molecule has 2 rings (SSSR count). The van der Waals surface area contributed by atoms with Crippen LogP contribution in [0.3, 0.4) is 0 Å². The van der Waals surface area contributed by atoms with Crippen LogP contribution in [0, 0.1) is 20.8 Å². The van der Waals surface area contributed by atoms with Crippen molar-refractivity contribution in [1.82, 2.24) is 9.88 Å². The Kier molecular flexibility index (Phi) is 6.89. The predicted octanol–water partition coefficient (Wildman–Crippen LogP) is 4.54. The molecule has 7 heteroatoms. The fraction of sp³-hybridized carbons (Fsp3) is 0.474. The molecule has 0 aliphatic carbocycles. The van der Waals surface area contributed by atoms with Gasteiger partial charge in [-0.3, -0.25) is 4.79 Å². The lowest BCUT2D eigenvalue weighted by atomic mass is 10.1. The number of H-pyrrole nitrogens is 1. The van der Waals surface area contributed by atoms with Gasteiger partial charge in [0.25, 0.3) is 5.91 Å². The SMILES string of the molecule is CCN(CCCc1csc(C(=O)OC)c1Cl)C(=O)c1[nH]c(C)c(C)c1C. The first kappa shape index (κ1) is 20.5. The summed E-state index contributed by atoms with van der Waals surface area (Å²) in [4.78, 5) is 29.9. The van der Waals surface area contributed by atoms with Gasteiger partial charge in [-0.15, -0.1) is 11.3 Å². The molecule has 0 aliphatic rings. The summed E-state index contributed by atoms with van der Waals surface area (Å²) in [5, 5.41) is 2.34. The molecule has 1 N–H and O–H groups in total. The van der Waals surface area contributed by atoms with Gasteiger partial charge in [0.15, 0.2) is 0 Å². The summed E-state index contributed by atoms with van der Waals surface area (Å²) < 4.78 is 4.72. The number of nitrogens with one attached hydrogen (secondary N) is 1. The zero-order valence-corrected chi connectivity index (χ0v) is 17.4. The number of nitrogens with zero attached hydrogens (tertiary/aromatic N) is 1. The number of aromatic amines is 1. The lowest BCUT2D eigenvalue weighted by Gasteiger charge is -2.20. The van der Waals surface area contributed by atoms with E-state index in [-0.39, 0.29) is 5.91 Å². The number of aromatic nitrogens is 1. The molecule has 0 bridgehead atoms. The Hall–Kier alpha value is -1.79. The summed E-state index contributed by atoms with van der Waals surface area (Å²) in [6, 6.07) is 0. The van der Waals surface area contributed by atoms with Gasteiger partial charge in [0.1, 0.15) is 10.6 Å². The van der Waals surface area contributed by atoms with Crippen LogP contribution in [0.2, 0.25) is 5.02 Å². The third-order valence-electron chi connectivity index (χ3n) is 4.74. The lowest BCUT2D eigenvalue weighted by molar-refractivity contribution is 0.0606. The molecule has 0 saturated heterocycles. The summed E-state index contributed by atoms with van der Waals surface area (Å²) in [5.74, 6) is -0.391. The normalized spacial score (nSPS) is 10.8. The van der Waals surface area contributed by atoms with E-state index in [4.69, 9.17) is 16.3 Å². The van der Waals surface area contributed by atoms with Crippen molar-refractivity contribution < 1.29 is 14.3 Å². The molecule has 2 heterocycles. The van der Waals surface area contributed by atoms with Crippen LogP contribution < -0.4 is 0 Å². The second-order valence-electron chi connectivity index (χ2n) is 6.26. The summed E-state index contributed by atoms with van der Waals surface area (Å²) in [7, 11) is 1.34. The maximum absolute atomic E-state index is 12.8. The Morgan fingerprint density at radius 3 is 2.50 bits per heavy atom. The van der Waals surface area contributed by atoms with Gasteiger partial charge in [-0.1, -0.05) is 11.6 Å². The van der Waals surface area contributed by atoms with Gasteiger partial charge < -0.3 is 14.6 Å². The van der Waals surface area contributed by atoms with Gasteiger partial charge in [-0.25, -0.2) is 4.79 Å². The number of halogens is 1. The molecule has 0 spiro atoms. The van der Waals surface area contributed by atoms with Crippen molar-refractivity contribution in [3.63, 3.8) is 0 Å². The van der Waals surface area contributed by atoms with Gasteiger partial charge in [0, 0.05) is 18.8 Å². The molecule has 26 heavy (non-hydrogen) atoms. The molecular weight excluding hydrogens is 372 g/mol. The van der Waals surface area contributed by atoms with Crippen LogP contribution in [0.1, 0.15) is 55.9 Å². The molecule has 0 radical (unpaired) electrons. The zero-order valence-electron chi connectivity index (χ0n) is 15.9. The smallest absolute Gasteiger partial charge is 0.349 e. The summed E-state index contributed by atoms with van der Waals surface area (Å²) in [6.45, 7) is 9.21. The Balaban J connectivity index is 2.01. The highest BCUT2D eigenvalue weighted by Gasteiger charge is 2.21. The van der Waals surface area contributed by atoms with Crippen LogP contribution in [0.4, 0.5) is 0 Å². The molecule has 0 fully saturated rings. The number of amides is 1. The Bertz CT molecular complexity index is 810. The number of esters is 1. The summed E-state index contributed by atoms with van der Waals surface area (Å²) in [5.41, 5.74) is 4.76. The molecule has 0 aliphatic heterocycles. The third kappa shape index (κ3) is 4.13. The average Bonchev–Trinajstić information content (AvgIpc) is 3.12. The van der Waals surface area contributed by atoms with Gasteiger partial charge in [-0.05, 0) is 62.6 Å². The van der Waals surface area contributed by atoms with Gasteiger partial charge in [0.2, 0.25) is 0 Å².